The van der Waals surface area contributed by atoms with Crippen molar-refractivity contribution in [1.82, 2.24) is 24.5 Å². The van der Waals surface area contributed by atoms with E-state index in [1.54, 1.807) is 0 Å². The molecule has 0 aromatic carbocycles. The lowest BCUT2D eigenvalue weighted by Crippen LogP contribution is -2.33. The summed E-state index contributed by atoms with van der Waals surface area (Å²) in [6.45, 7) is 5.28. The molecule has 3 aromatic heterocycles. The van der Waals surface area contributed by atoms with E-state index in [2.05, 4.69) is 38.2 Å². The molecular formula is C18H21N5. The van der Waals surface area contributed by atoms with Gasteiger partial charge in [-0.1, -0.05) is 0 Å². The van der Waals surface area contributed by atoms with Gasteiger partial charge in [0.25, 0.3) is 0 Å². The summed E-state index contributed by atoms with van der Waals surface area (Å²) in [5.41, 5.74) is 4.62. The molecule has 1 aliphatic rings. The van der Waals surface area contributed by atoms with Gasteiger partial charge in [0.2, 0.25) is 0 Å². The number of nitrogens with zero attached hydrogens (tertiary/aromatic N) is 5. The van der Waals surface area contributed by atoms with Gasteiger partial charge in [0.05, 0.1) is 5.69 Å². The van der Waals surface area contributed by atoms with Gasteiger partial charge in [0, 0.05) is 42.8 Å². The molecule has 4 heterocycles. The molecule has 0 bridgehead atoms. The number of hydrogen-bond acceptors (Lipinski definition) is 4. The van der Waals surface area contributed by atoms with Crippen LogP contribution in [-0.4, -0.2) is 37.6 Å². The highest BCUT2D eigenvalue weighted by Gasteiger charge is 2.23. The number of aromatic nitrogens is 4. The third kappa shape index (κ3) is 2.97. The van der Waals surface area contributed by atoms with Crippen molar-refractivity contribution in [2.75, 3.05) is 13.1 Å². The highest BCUT2D eigenvalue weighted by molar-refractivity contribution is 5.40. The summed E-state index contributed by atoms with van der Waals surface area (Å²) in [4.78, 5) is 11.0. The summed E-state index contributed by atoms with van der Waals surface area (Å²) in [7, 11) is 0. The van der Waals surface area contributed by atoms with Gasteiger partial charge >= 0.3 is 0 Å². The molecule has 0 radical (unpaired) electrons. The molecule has 5 heteroatoms. The third-order valence-electron chi connectivity index (χ3n) is 4.67. The Morgan fingerprint density at radius 2 is 1.87 bits per heavy atom. The first kappa shape index (κ1) is 14.3. The van der Waals surface area contributed by atoms with E-state index in [9.17, 15) is 0 Å². The number of likely N-dealkylation sites (tertiary alicyclic amines) is 1. The number of aryl methyl sites for hydroxylation is 1. The lowest BCUT2D eigenvalue weighted by Gasteiger charge is -2.32. The predicted molar refractivity (Wildman–Crippen MR) is 89.2 cm³/mol. The van der Waals surface area contributed by atoms with E-state index in [4.69, 9.17) is 0 Å². The molecule has 1 saturated heterocycles. The molecular weight excluding hydrogens is 286 g/mol. The maximum atomic E-state index is 4.61. The minimum atomic E-state index is 0.563. The molecule has 0 spiro atoms. The molecule has 0 unspecified atom stereocenters. The van der Waals surface area contributed by atoms with Crippen LogP contribution in [0.1, 0.15) is 35.7 Å². The lowest BCUT2D eigenvalue weighted by molar-refractivity contribution is 0.202. The first-order valence-corrected chi connectivity index (χ1v) is 8.22. The molecule has 0 saturated carbocycles. The van der Waals surface area contributed by atoms with Crippen molar-refractivity contribution >= 4 is 5.65 Å². The smallest absolute Gasteiger partial charge is 0.155 e. The van der Waals surface area contributed by atoms with Gasteiger partial charge in [-0.25, -0.2) is 9.50 Å². The van der Waals surface area contributed by atoms with E-state index >= 15 is 0 Å². The maximum Gasteiger partial charge on any atom is 0.155 e. The zero-order chi connectivity index (χ0) is 15.6. The Balaban J connectivity index is 1.46. The first-order valence-electron chi connectivity index (χ1n) is 8.22. The van der Waals surface area contributed by atoms with Crippen LogP contribution in [0.3, 0.4) is 0 Å². The van der Waals surface area contributed by atoms with Crippen LogP contribution in [0.15, 0.2) is 42.9 Å². The van der Waals surface area contributed by atoms with Crippen LogP contribution < -0.4 is 0 Å². The Bertz CT molecular complexity index is 788. The van der Waals surface area contributed by atoms with E-state index in [0.29, 0.717) is 5.92 Å². The Labute approximate surface area is 136 Å². The van der Waals surface area contributed by atoms with Crippen LogP contribution in [0.5, 0.6) is 0 Å². The van der Waals surface area contributed by atoms with Gasteiger partial charge in [0.1, 0.15) is 0 Å². The fraction of sp³-hybridized carbons (Fsp3) is 0.389. The molecule has 23 heavy (non-hydrogen) atoms. The minimum absolute atomic E-state index is 0.563. The lowest BCUT2D eigenvalue weighted by atomic mass is 9.93. The van der Waals surface area contributed by atoms with Crippen molar-refractivity contribution in [1.29, 1.82) is 0 Å². The highest BCUT2D eigenvalue weighted by Crippen LogP contribution is 2.28. The normalized spacial score (nSPS) is 16.9. The molecule has 0 N–H and O–H groups in total. The van der Waals surface area contributed by atoms with Crippen LogP contribution in [0.25, 0.3) is 5.65 Å². The largest absolute Gasteiger partial charge is 0.299 e. The van der Waals surface area contributed by atoms with Gasteiger partial charge in [-0.2, -0.15) is 5.10 Å². The zero-order valence-corrected chi connectivity index (χ0v) is 13.4. The van der Waals surface area contributed by atoms with Gasteiger partial charge < -0.3 is 0 Å². The van der Waals surface area contributed by atoms with Crippen LogP contribution in [0, 0.1) is 6.92 Å². The fourth-order valence-corrected chi connectivity index (χ4v) is 3.47. The van der Waals surface area contributed by atoms with Gasteiger partial charge in [-0.15, -0.1) is 0 Å². The summed E-state index contributed by atoms with van der Waals surface area (Å²) in [6.07, 6.45) is 7.99. The van der Waals surface area contributed by atoms with E-state index in [1.807, 2.05) is 36.1 Å². The molecule has 118 valence electrons. The average Bonchev–Trinajstić information content (AvgIpc) is 2.97. The molecule has 1 fully saturated rings. The van der Waals surface area contributed by atoms with Crippen molar-refractivity contribution < 1.29 is 0 Å². The van der Waals surface area contributed by atoms with E-state index < -0.39 is 0 Å². The number of hydrogen-bond donors (Lipinski definition) is 0. The number of pyridine rings is 1. The summed E-state index contributed by atoms with van der Waals surface area (Å²) in [5.74, 6) is 0.563. The highest BCUT2D eigenvalue weighted by atomic mass is 15.3. The van der Waals surface area contributed by atoms with Gasteiger partial charge in [-0.3, -0.25) is 9.88 Å². The number of fused-ring (bicyclic) bond motifs is 1. The predicted octanol–water partition coefficient (Wildman–Crippen LogP) is 2.81. The fourth-order valence-electron chi connectivity index (χ4n) is 3.47. The Morgan fingerprint density at radius 1 is 1.09 bits per heavy atom. The van der Waals surface area contributed by atoms with Crippen molar-refractivity contribution in [2.24, 2.45) is 0 Å². The Kier molecular flexibility index (Phi) is 3.79. The SMILES string of the molecule is Cc1cc2nccc(C3CCN(Cc4ccncc4)CC3)n2n1. The molecule has 0 aliphatic carbocycles. The van der Waals surface area contributed by atoms with Crippen LogP contribution in [0.2, 0.25) is 0 Å². The molecule has 0 amide bonds. The van der Waals surface area contributed by atoms with E-state index in [1.165, 1.54) is 24.1 Å². The molecule has 5 nitrogen and oxygen atoms in total. The van der Waals surface area contributed by atoms with Crippen LogP contribution >= 0.6 is 0 Å². The second-order valence-electron chi connectivity index (χ2n) is 6.33. The number of piperidine rings is 1. The summed E-state index contributed by atoms with van der Waals surface area (Å²) < 4.78 is 2.03. The quantitative estimate of drug-likeness (QED) is 0.746. The van der Waals surface area contributed by atoms with E-state index in [-0.39, 0.29) is 0 Å². The van der Waals surface area contributed by atoms with Gasteiger partial charge in [-0.05, 0) is 56.6 Å². The molecule has 3 aromatic rings. The zero-order valence-electron chi connectivity index (χ0n) is 13.4. The van der Waals surface area contributed by atoms with Crippen molar-refractivity contribution in [2.45, 2.75) is 32.2 Å². The summed E-state index contributed by atoms with van der Waals surface area (Å²) >= 11 is 0. The minimum Gasteiger partial charge on any atom is -0.299 e. The average molecular weight is 307 g/mol. The summed E-state index contributed by atoms with van der Waals surface area (Å²) in [6, 6.07) is 8.38. The van der Waals surface area contributed by atoms with Crippen LogP contribution in [-0.2, 0) is 6.54 Å². The second-order valence-corrected chi connectivity index (χ2v) is 6.33. The topological polar surface area (TPSA) is 46.3 Å². The molecule has 0 atom stereocenters. The third-order valence-corrected chi connectivity index (χ3v) is 4.67. The monoisotopic (exact) mass is 307 g/mol. The Hall–Kier alpha value is -2.27. The number of rotatable bonds is 3. The van der Waals surface area contributed by atoms with Crippen molar-refractivity contribution in [3.8, 4) is 0 Å². The summed E-state index contributed by atoms with van der Waals surface area (Å²) in [5, 5.41) is 4.61. The van der Waals surface area contributed by atoms with Crippen molar-refractivity contribution in [3.63, 3.8) is 0 Å². The molecule has 1 aliphatic heterocycles. The molecule has 4 rings (SSSR count). The van der Waals surface area contributed by atoms with Crippen molar-refractivity contribution in [3.05, 3.63) is 59.8 Å². The van der Waals surface area contributed by atoms with E-state index in [0.717, 1.165) is 31.0 Å². The van der Waals surface area contributed by atoms with Crippen LogP contribution in [0.4, 0.5) is 0 Å². The van der Waals surface area contributed by atoms with Gasteiger partial charge in [0.15, 0.2) is 5.65 Å². The Morgan fingerprint density at radius 3 is 2.65 bits per heavy atom. The maximum absolute atomic E-state index is 4.61. The standard InChI is InChI=1S/C18H21N5/c1-14-12-18-20-9-4-17(23(18)21-14)16-5-10-22(11-6-16)13-15-2-7-19-8-3-15/h2-4,7-9,12,16H,5-6,10-11,13H2,1H3. The second kappa shape index (κ2) is 6.08. The first-order chi connectivity index (χ1) is 11.3.